The minimum absolute atomic E-state index is 0.0544. The van der Waals surface area contributed by atoms with E-state index in [2.05, 4.69) is 15.2 Å². The third-order valence-corrected chi connectivity index (χ3v) is 5.85. The number of aromatic nitrogens is 4. The van der Waals surface area contributed by atoms with Crippen molar-refractivity contribution >= 4 is 23.4 Å². The second-order valence-electron chi connectivity index (χ2n) is 7.07. The standard InChI is InChI=1S/C17H23N5O3S/c1-10-7-21(8-11(2)25-10)14(23)9-26-17-20-19-16-18-15(24)12-5-3-4-6-13(12)22(16)17/h10-11H,3-9H2,1-2H3,(H,18,19,24). The van der Waals surface area contributed by atoms with Gasteiger partial charge in [0.25, 0.3) is 5.56 Å². The van der Waals surface area contributed by atoms with Gasteiger partial charge >= 0.3 is 0 Å². The summed E-state index contributed by atoms with van der Waals surface area (Å²) in [6, 6.07) is 0. The van der Waals surface area contributed by atoms with Crippen LogP contribution in [0.4, 0.5) is 0 Å². The summed E-state index contributed by atoms with van der Waals surface area (Å²) in [6.07, 6.45) is 3.81. The van der Waals surface area contributed by atoms with Gasteiger partial charge in [-0.1, -0.05) is 11.8 Å². The number of aryl methyl sites for hydroxylation is 1. The molecule has 2 unspecified atom stereocenters. The Morgan fingerprint density at radius 3 is 2.73 bits per heavy atom. The molecule has 2 aromatic heterocycles. The maximum atomic E-state index is 12.6. The topological polar surface area (TPSA) is 92.6 Å². The molecule has 3 heterocycles. The molecule has 1 fully saturated rings. The molecule has 140 valence electrons. The predicted molar refractivity (Wildman–Crippen MR) is 97.6 cm³/mol. The molecule has 1 N–H and O–H groups in total. The molecule has 1 saturated heterocycles. The largest absolute Gasteiger partial charge is 0.372 e. The zero-order valence-corrected chi connectivity index (χ0v) is 15.8. The number of ether oxygens (including phenoxy) is 1. The van der Waals surface area contributed by atoms with Gasteiger partial charge in [-0.25, -0.2) is 0 Å². The molecule has 0 radical (unpaired) electrons. The molecule has 1 aliphatic carbocycles. The lowest BCUT2D eigenvalue weighted by molar-refractivity contribution is -0.140. The third kappa shape index (κ3) is 3.25. The molecule has 26 heavy (non-hydrogen) atoms. The first kappa shape index (κ1) is 17.5. The van der Waals surface area contributed by atoms with E-state index < -0.39 is 0 Å². The monoisotopic (exact) mass is 377 g/mol. The van der Waals surface area contributed by atoms with Crippen LogP contribution in [-0.2, 0) is 22.4 Å². The maximum Gasteiger partial charge on any atom is 0.255 e. The summed E-state index contributed by atoms with van der Waals surface area (Å²) in [7, 11) is 0. The quantitative estimate of drug-likeness (QED) is 0.803. The van der Waals surface area contributed by atoms with Crippen LogP contribution in [0.1, 0.15) is 37.9 Å². The van der Waals surface area contributed by atoms with Gasteiger partial charge in [-0.3, -0.25) is 19.0 Å². The van der Waals surface area contributed by atoms with Crippen LogP contribution in [0.2, 0.25) is 0 Å². The Hall–Kier alpha value is -1.87. The molecule has 0 aromatic carbocycles. The van der Waals surface area contributed by atoms with Crippen LogP contribution in [0.25, 0.3) is 5.78 Å². The van der Waals surface area contributed by atoms with E-state index in [1.165, 1.54) is 11.8 Å². The van der Waals surface area contributed by atoms with Gasteiger partial charge < -0.3 is 9.64 Å². The summed E-state index contributed by atoms with van der Waals surface area (Å²) in [4.78, 5) is 29.5. The van der Waals surface area contributed by atoms with E-state index in [9.17, 15) is 9.59 Å². The van der Waals surface area contributed by atoms with Crippen molar-refractivity contribution in [2.45, 2.75) is 56.9 Å². The van der Waals surface area contributed by atoms with E-state index in [4.69, 9.17) is 4.74 Å². The Kier molecular flexibility index (Phi) is 4.74. The van der Waals surface area contributed by atoms with Crippen molar-refractivity contribution in [2.75, 3.05) is 18.8 Å². The molecule has 0 bridgehead atoms. The summed E-state index contributed by atoms with van der Waals surface area (Å²) in [5, 5.41) is 8.96. The number of H-pyrrole nitrogens is 1. The normalized spacial score (nSPS) is 23.2. The second-order valence-corrected chi connectivity index (χ2v) is 8.02. The summed E-state index contributed by atoms with van der Waals surface area (Å²) in [5.74, 6) is 0.833. The first-order valence-electron chi connectivity index (χ1n) is 9.08. The van der Waals surface area contributed by atoms with Crippen LogP contribution in [0.3, 0.4) is 0 Å². The highest BCUT2D eigenvalue weighted by atomic mass is 32.2. The van der Waals surface area contributed by atoms with Crippen LogP contribution in [0.15, 0.2) is 9.95 Å². The van der Waals surface area contributed by atoms with Crippen molar-refractivity contribution in [3.05, 3.63) is 21.6 Å². The molecule has 1 aliphatic heterocycles. The fourth-order valence-corrected chi connectivity index (χ4v) is 4.70. The molecule has 2 atom stereocenters. The van der Waals surface area contributed by atoms with Crippen LogP contribution < -0.4 is 5.56 Å². The molecular formula is C17H23N5O3S. The average Bonchev–Trinajstić information content (AvgIpc) is 3.02. The van der Waals surface area contributed by atoms with Crippen LogP contribution in [0.5, 0.6) is 0 Å². The number of amides is 1. The number of hydrogen-bond donors (Lipinski definition) is 1. The van der Waals surface area contributed by atoms with Gasteiger partial charge in [0.1, 0.15) is 0 Å². The molecule has 2 aliphatic rings. The summed E-state index contributed by atoms with van der Waals surface area (Å²) >= 11 is 1.37. The van der Waals surface area contributed by atoms with Gasteiger partial charge in [0.15, 0.2) is 5.16 Å². The number of thioether (sulfide) groups is 1. The molecule has 2 aromatic rings. The number of carbonyl (C=O) groups is 1. The van der Waals surface area contributed by atoms with Crippen molar-refractivity contribution in [2.24, 2.45) is 0 Å². The van der Waals surface area contributed by atoms with E-state index in [0.717, 1.165) is 36.9 Å². The zero-order chi connectivity index (χ0) is 18.3. The van der Waals surface area contributed by atoms with Crippen LogP contribution in [-0.4, -0.2) is 61.4 Å². The minimum atomic E-state index is -0.0662. The number of morpholine rings is 1. The van der Waals surface area contributed by atoms with Crippen molar-refractivity contribution in [3.63, 3.8) is 0 Å². The van der Waals surface area contributed by atoms with E-state index in [-0.39, 0.29) is 23.7 Å². The first-order valence-corrected chi connectivity index (χ1v) is 10.1. The number of nitrogens with zero attached hydrogens (tertiary/aromatic N) is 4. The molecule has 0 saturated carbocycles. The lowest BCUT2D eigenvalue weighted by Gasteiger charge is -2.35. The summed E-state index contributed by atoms with van der Waals surface area (Å²) < 4.78 is 7.60. The van der Waals surface area contributed by atoms with E-state index in [1.807, 2.05) is 23.1 Å². The molecule has 8 nitrogen and oxygen atoms in total. The number of hydrogen-bond acceptors (Lipinski definition) is 6. The maximum absolute atomic E-state index is 12.6. The van der Waals surface area contributed by atoms with Crippen molar-refractivity contribution < 1.29 is 9.53 Å². The number of carbonyl (C=O) groups excluding carboxylic acids is 1. The third-order valence-electron chi connectivity index (χ3n) is 4.94. The van der Waals surface area contributed by atoms with E-state index in [0.29, 0.717) is 29.8 Å². The van der Waals surface area contributed by atoms with E-state index >= 15 is 0 Å². The van der Waals surface area contributed by atoms with Gasteiger partial charge in [-0.2, -0.15) is 0 Å². The lowest BCUT2D eigenvalue weighted by Crippen LogP contribution is -2.48. The Morgan fingerprint density at radius 2 is 1.96 bits per heavy atom. The lowest BCUT2D eigenvalue weighted by atomic mass is 9.97. The Labute approximate surface area is 155 Å². The fraction of sp³-hybridized carbons (Fsp3) is 0.647. The van der Waals surface area contributed by atoms with Crippen molar-refractivity contribution in [1.82, 2.24) is 24.5 Å². The zero-order valence-electron chi connectivity index (χ0n) is 15.0. The molecule has 0 spiro atoms. The predicted octanol–water partition coefficient (Wildman–Crippen LogP) is 1.02. The minimum Gasteiger partial charge on any atom is -0.372 e. The summed E-state index contributed by atoms with van der Waals surface area (Å²) in [6.45, 7) is 5.20. The average molecular weight is 377 g/mol. The number of rotatable bonds is 3. The Morgan fingerprint density at radius 1 is 1.23 bits per heavy atom. The van der Waals surface area contributed by atoms with Crippen LogP contribution >= 0.6 is 11.8 Å². The number of nitrogens with one attached hydrogen (secondary N) is 1. The number of fused-ring (bicyclic) bond motifs is 3. The fourth-order valence-electron chi connectivity index (χ4n) is 3.84. The van der Waals surface area contributed by atoms with E-state index in [1.54, 1.807) is 0 Å². The Bertz CT molecular complexity index is 882. The first-order chi connectivity index (χ1) is 12.5. The molecule has 4 rings (SSSR count). The smallest absolute Gasteiger partial charge is 0.255 e. The van der Waals surface area contributed by atoms with Crippen LogP contribution in [0, 0.1) is 0 Å². The SMILES string of the molecule is CC1CN(C(=O)CSc2nnc3[nH]c(=O)c4c(n23)CCCC4)CC(C)O1. The van der Waals surface area contributed by atoms with Gasteiger partial charge in [0.05, 0.1) is 18.0 Å². The van der Waals surface area contributed by atoms with Gasteiger partial charge in [0.2, 0.25) is 11.7 Å². The molecule has 1 amide bonds. The van der Waals surface area contributed by atoms with Gasteiger partial charge in [-0.05, 0) is 39.5 Å². The second kappa shape index (κ2) is 7.03. The highest BCUT2D eigenvalue weighted by Crippen LogP contribution is 2.24. The number of aromatic amines is 1. The summed E-state index contributed by atoms with van der Waals surface area (Å²) in [5.41, 5.74) is 1.75. The van der Waals surface area contributed by atoms with Gasteiger partial charge in [0, 0.05) is 24.3 Å². The van der Waals surface area contributed by atoms with Crippen molar-refractivity contribution in [3.8, 4) is 0 Å². The highest BCUT2D eigenvalue weighted by Gasteiger charge is 2.26. The molecule has 9 heteroatoms. The van der Waals surface area contributed by atoms with Gasteiger partial charge in [-0.15, -0.1) is 10.2 Å². The highest BCUT2D eigenvalue weighted by molar-refractivity contribution is 7.99. The molecular weight excluding hydrogens is 354 g/mol. The Balaban J connectivity index is 1.54. The van der Waals surface area contributed by atoms with Crippen molar-refractivity contribution in [1.29, 1.82) is 0 Å².